The zero-order chi connectivity index (χ0) is 23.5. The van der Waals surface area contributed by atoms with Crippen LogP contribution in [0, 0.1) is 11.7 Å². The van der Waals surface area contributed by atoms with Crippen LogP contribution in [0.4, 0.5) is 9.18 Å². The Morgan fingerprint density at radius 1 is 1.22 bits per heavy atom. The van der Waals surface area contributed by atoms with Gasteiger partial charge in [-0.15, -0.1) is 0 Å². The van der Waals surface area contributed by atoms with E-state index in [9.17, 15) is 23.6 Å². The Morgan fingerprint density at radius 3 is 2.50 bits per heavy atom. The summed E-state index contributed by atoms with van der Waals surface area (Å²) in [5.41, 5.74) is -2.71. The van der Waals surface area contributed by atoms with Crippen LogP contribution < -0.4 is 16.0 Å². The molecule has 2 saturated heterocycles. The first-order valence-electron chi connectivity index (χ1n) is 10.6. The van der Waals surface area contributed by atoms with Crippen LogP contribution in [-0.4, -0.2) is 72.5 Å². The van der Waals surface area contributed by atoms with E-state index in [-0.39, 0.29) is 31.1 Å². The molecule has 0 spiro atoms. The highest BCUT2D eigenvalue weighted by Gasteiger charge is 2.55. The summed E-state index contributed by atoms with van der Waals surface area (Å²) in [6, 6.07) is 4.80. The Balaban J connectivity index is 1.97. The third kappa shape index (κ3) is 4.90. The van der Waals surface area contributed by atoms with E-state index >= 15 is 0 Å². The fourth-order valence-corrected chi connectivity index (χ4v) is 3.86. The van der Waals surface area contributed by atoms with Crippen LogP contribution in [0.2, 0.25) is 0 Å². The number of benzene rings is 1. The van der Waals surface area contributed by atoms with Gasteiger partial charge in [0.1, 0.15) is 11.4 Å². The molecule has 3 rings (SSSR count). The normalized spacial score (nSPS) is 23.4. The van der Waals surface area contributed by atoms with Crippen LogP contribution in [0.15, 0.2) is 24.3 Å². The molecule has 0 bridgehead atoms. The average molecular weight is 448 g/mol. The summed E-state index contributed by atoms with van der Waals surface area (Å²) in [4.78, 5) is 53.3. The van der Waals surface area contributed by atoms with Gasteiger partial charge < -0.3 is 20.7 Å². The maximum Gasteiger partial charge on any atom is 0.411 e. The summed E-state index contributed by atoms with van der Waals surface area (Å²) in [6.45, 7) is 5.89. The lowest BCUT2D eigenvalue weighted by Gasteiger charge is -2.44. The van der Waals surface area contributed by atoms with Gasteiger partial charge in [-0.25, -0.2) is 9.18 Å². The van der Waals surface area contributed by atoms with E-state index in [4.69, 9.17) is 4.74 Å². The molecule has 10 heteroatoms. The third-order valence-electron chi connectivity index (χ3n) is 5.50. The lowest BCUT2D eigenvalue weighted by atomic mass is 9.84. The molecular formula is C22H29FN4O5. The molecule has 0 radical (unpaired) electrons. The van der Waals surface area contributed by atoms with Crippen LogP contribution in [0.1, 0.15) is 37.6 Å². The third-order valence-corrected chi connectivity index (χ3v) is 5.50. The predicted molar refractivity (Wildman–Crippen MR) is 113 cm³/mol. The van der Waals surface area contributed by atoms with Crippen LogP contribution in [0.5, 0.6) is 0 Å². The summed E-state index contributed by atoms with van der Waals surface area (Å²) in [6.07, 6.45) is -0.241. The first-order chi connectivity index (χ1) is 15.0. The molecule has 32 heavy (non-hydrogen) atoms. The van der Waals surface area contributed by atoms with Gasteiger partial charge in [0, 0.05) is 38.3 Å². The van der Waals surface area contributed by atoms with E-state index in [0.717, 1.165) is 17.0 Å². The number of rotatable bonds is 5. The monoisotopic (exact) mass is 448 g/mol. The molecule has 2 heterocycles. The van der Waals surface area contributed by atoms with Crippen molar-refractivity contribution < 1.29 is 28.3 Å². The van der Waals surface area contributed by atoms with Crippen molar-refractivity contribution in [3.8, 4) is 0 Å². The van der Waals surface area contributed by atoms with Crippen LogP contribution >= 0.6 is 0 Å². The minimum atomic E-state index is -1.95. The molecule has 2 atom stereocenters. The number of ether oxygens (including phenoxy) is 1. The SMILES string of the molecule is CC(C)(C)OC(=O)N1CCNCC1(C(=O)NCC1CCNC1=O)C(=O)c1ccc(F)cc1. The number of amides is 3. The van der Waals surface area contributed by atoms with E-state index in [1.54, 1.807) is 20.8 Å². The number of halogens is 1. The number of piperazine rings is 1. The van der Waals surface area contributed by atoms with Crippen molar-refractivity contribution in [1.29, 1.82) is 0 Å². The van der Waals surface area contributed by atoms with E-state index in [1.807, 2.05) is 0 Å². The first kappa shape index (κ1) is 23.6. The second-order valence-electron chi connectivity index (χ2n) is 8.99. The number of hydrogen-bond acceptors (Lipinski definition) is 6. The summed E-state index contributed by atoms with van der Waals surface area (Å²) in [5, 5.41) is 8.41. The zero-order valence-corrected chi connectivity index (χ0v) is 18.5. The van der Waals surface area contributed by atoms with E-state index in [2.05, 4.69) is 16.0 Å². The quantitative estimate of drug-likeness (QED) is 0.454. The molecule has 0 aliphatic carbocycles. The van der Waals surface area contributed by atoms with E-state index < -0.39 is 40.7 Å². The maximum atomic E-state index is 13.7. The molecule has 174 valence electrons. The van der Waals surface area contributed by atoms with Gasteiger partial charge >= 0.3 is 6.09 Å². The summed E-state index contributed by atoms with van der Waals surface area (Å²) < 4.78 is 18.9. The lowest BCUT2D eigenvalue weighted by Crippen LogP contribution is -2.73. The fraction of sp³-hybridized carbons (Fsp3) is 0.545. The summed E-state index contributed by atoms with van der Waals surface area (Å²) in [5.74, 6) is -2.50. The maximum absolute atomic E-state index is 13.7. The lowest BCUT2D eigenvalue weighted by molar-refractivity contribution is -0.132. The molecule has 0 saturated carbocycles. The van der Waals surface area contributed by atoms with Gasteiger partial charge in [0.2, 0.25) is 5.91 Å². The highest BCUT2D eigenvalue weighted by molar-refractivity contribution is 6.19. The van der Waals surface area contributed by atoms with Crippen LogP contribution in [0.3, 0.4) is 0 Å². The van der Waals surface area contributed by atoms with Crippen LogP contribution in [-0.2, 0) is 14.3 Å². The van der Waals surface area contributed by atoms with Crippen molar-refractivity contribution in [3.63, 3.8) is 0 Å². The van der Waals surface area contributed by atoms with Crippen molar-refractivity contribution >= 4 is 23.7 Å². The highest BCUT2D eigenvalue weighted by atomic mass is 19.1. The van der Waals surface area contributed by atoms with Gasteiger partial charge in [0.15, 0.2) is 11.3 Å². The standard InChI is InChI=1S/C22H29FN4O5/c1-21(2,3)32-20(31)27-11-10-24-13-22(27,17(28)14-4-6-16(23)7-5-14)19(30)26-12-15-8-9-25-18(15)29/h4-7,15,24H,8-13H2,1-3H3,(H,25,29)(H,26,30). The Morgan fingerprint density at radius 2 is 1.91 bits per heavy atom. The predicted octanol–water partition coefficient (Wildman–Crippen LogP) is 0.840. The molecule has 2 aliphatic rings. The Hall–Kier alpha value is -3.01. The van der Waals surface area contributed by atoms with E-state index in [1.165, 1.54) is 12.1 Å². The van der Waals surface area contributed by atoms with Gasteiger partial charge in [-0.1, -0.05) is 0 Å². The van der Waals surface area contributed by atoms with Gasteiger partial charge in [-0.2, -0.15) is 0 Å². The second kappa shape index (κ2) is 9.23. The molecule has 1 aromatic carbocycles. The summed E-state index contributed by atoms with van der Waals surface area (Å²) in [7, 11) is 0. The Labute approximate surface area is 186 Å². The largest absolute Gasteiger partial charge is 0.444 e. The number of nitrogens with one attached hydrogen (secondary N) is 3. The van der Waals surface area contributed by atoms with Crippen molar-refractivity contribution in [1.82, 2.24) is 20.9 Å². The Bertz CT molecular complexity index is 899. The van der Waals surface area contributed by atoms with Gasteiger partial charge in [0.05, 0.1) is 5.92 Å². The topological polar surface area (TPSA) is 117 Å². The number of Topliss-reactive ketones (excluding diaryl/α,β-unsaturated/α-hetero) is 1. The second-order valence-corrected chi connectivity index (χ2v) is 8.99. The molecule has 1 aromatic rings. The number of nitrogens with zero attached hydrogens (tertiary/aromatic N) is 1. The molecule has 3 N–H and O–H groups in total. The van der Waals surface area contributed by atoms with Crippen molar-refractivity contribution in [2.24, 2.45) is 5.92 Å². The minimum absolute atomic E-state index is 0.0330. The van der Waals surface area contributed by atoms with Crippen molar-refractivity contribution in [3.05, 3.63) is 35.6 Å². The van der Waals surface area contributed by atoms with Gasteiger partial charge in [-0.05, 0) is 51.5 Å². The fourth-order valence-electron chi connectivity index (χ4n) is 3.86. The average Bonchev–Trinajstić information content (AvgIpc) is 3.15. The molecule has 0 aromatic heterocycles. The smallest absolute Gasteiger partial charge is 0.411 e. The number of carbonyl (C=O) groups is 4. The highest BCUT2D eigenvalue weighted by Crippen LogP contribution is 2.27. The number of hydrogen-bond donors (Lipinski definition) is 3. The van der Waals surface area contributed by atoms with Gasteiger partial charge in [0.25, 0.3) is 5.91 Å². The van der Waals surface area contributed by atoms with Gasteiger partial charge in [-0.3, -0.25) is 19.3 Å². The number of ketones is 1. The van der Waals surface area contributed by atoms with E-state index in [0.29, 0.717) is 19.5 Å². The van der Waals surface area contributed by atoms with Crippen molar-refractivity contribution in [2.45, 2.75) is 38.3 Å². The minimum Gasteiger partial charge on any atom is -0.444 e. The molecule has 2 unspecified atom stereocenters. The number of carbonyl (C=O) groups excluding carboxylic acids is 4. The van der Waals surface area contributed by atoms with Crippen LogP contribution in [0.25, 0.3) is 0 Å². The Kier molecular flexibility index (Phi) is 6.82. The first-order valence-corrected chi connectivity index (χ1v) is 10.6. The molecule has 2 fully saturated rings. The summed E-state index contributed by atoms with van der Waals surface area (Å²) >= 11 is 0. The molecule has 2 aliphatic heterocycles. The molecule has 3 amide bonds. The molecular weight excluding hydrogens is 419 g/mol. The zero-order valence-electron chi connectivity index (χ0n) is 18.5. The molecule has 9 nitrogen and oxygen atoms in total. The van der Waals surface area contributed by atoms with Crippen molar-refractivity contribution in [2.75, 3.05) is 32.7 Å².